The third-order valence-corrected chi connectivity index (χ3v) is 5.28. The number of nitrogens with zero attached hydrogens (tertiary/aromatic N) is 2. The number of anilines is 1. The molecule has 2 atom stereocenters. The normalized spacial score (nSPS) is 21.2. The van der Waals surface area contributed by atoms with E-state index in [0.717, 1.165) is 4.90 Å². The number of rotatable bonds is 3. The number of piperidine rings is 1. The van der Waals surface area contributed by atoms with Crippen LogP contribution >= 0.6 is 22.6 Å². The SMILES string of the molecule is O=C(O)N1CC[C@H](Nc2cccc3c2cc(I)n3CC(F)(F)F)[C@H](F)C1. The Kier molecular flexibility index (Phi) is 5.22. The van der Waals surface area contributed by atoms with Crippen molar-refractivity contribution in [1.82, 2.24) is 9.47 Å². The van der Waals surface area contributed by atoms with Gasteiger partial charge in [-0.05, 0) is 47.2 Å². The van der Waals surface area contributed by atoms with E-state index >= 15 is 0 Å². The van der Waals surface area contributed by atoms with Crippen LogP contribution in [0.4, 0.5) is 28.0 Å². The summed E-state index contributed by atoms with van der Waals surface area (Å²) in [7, 11) is 0. The summed E-state index contributed by atoms with van der Waals surface area (Å²) in [5.41, 5.74) is 0.952. The third-order valence-electron chi connectivity index (χ3n) is 4.39. The Morgan fingerprint density at radius 2 is 2.12 bits per heavy atom. The van der Waals surface area contributed by atoms with Gasteiger partial charge >= 0.3 is 12.3 Å². The molecule has 142 valence electrons. The molecule has 0 bridgehead atoms. The van der Waals surface area contributed by atoms with Crippen LogP contribution in [0.1, 0.15) is 6.42 Å². The van der Waals surface area contributed by atoms with Crippen LogP contribution in [0.2, 0.25) is 0 Å². The minimum atomic E-state index is -4.34. The first-order valence-corrected chi connectivity index (χ1v) is 8.96. The Morgan fingerprint density at radius 3 is 2.73 bits per heavy atom. The average molecular weight is 485 g/mol. The first-order chi connectivity index (χ1) is 12.2. The lowest BCUT2D eigenvalue weighted by molar-refractivity contribution is -0.140. The zero-order valence-electron chi connectivity index (χ0n) is 13.4. The quantitative estimate of drug-likeness (QED) is 0.504. The highest BCUT2D eigenvalue weighted by Crippen LogP contribution is 2.32. The van der Waals surface area contributed by atoms with Crippen LogP contribution in [-0.4, -0.2) is 52.1 Å². The summed E-state index contributed by atoms with van der Waals surface area (Å²) in [5, 5.41) is 12.6. The summed E-state index contributed by atoms with van der Waals surface area (Å²) in [6.45, 7) is -1.12. The Morgan fingerprint density at radius 1 is 1.38 bits per heavy atom. The number of alkyl halides is 4. The summed E-state index contributed by atoms with van der Waals surface area (Å²) in [6.07, 6.45) is -6.62. The predicted octanol–water partition coefficient (Wildman–Crippen LogP) is 4.31. The van der Waals surface area contributed by atoms with Crippen LogP contribution in [0, 0.1) is 3.70 Å². The van der Waals surface area contributed by atoms with Crippen molar-refractivity contribution < 1.29 is 27.5 Å². The molecule has 0 spiro atoms. The molecular formula is C16H16F4IN3O2. The van der Waals surface area contributed by atoms with Gasteiger partial charge in [0.1, 0.15) is 12.7 Å². The maximum atomic E-state index is 14.3. The van der Waals surface area contributed by atoms with E-state index in [2.05, 4.69) is 5.32 Å². The molecule has 10 heteroatoms. The van der Waals surface area contributed by atoms with Crippen LogP contribution in [-0.2, 0) is 6.54 Å². The molecule has 0 saturated carbocycles. The molecule has 5 nitrogen and oxygen atoms in total. The molecule has 2 N–H and O–H groups in total. The van der Waals surface area contributed by atoms with Gasteiger partial charge in [-0.2, -0.15) is 13.2 Å². The fourth-order valence-electron chi connectivity index (χ4n) is 3.16. The lowest BCUT2D eigenvalue weighted by Crippen LogP contribution is -2.49. The number of likely N-dealkylation sites (tertiary alicyclic amines) is 1. The summed E-state index contributed by atoms with van der Waals surface area (Å²) >= 11 is 1.84. The maximum absolute atomic E-state index is 14.3. The highest BCUT2D eigenvalue weighted by Gasteiger charge is 2.32. The van der Waals surface area contributed by atoms with Crippen molar-refractivity contribution in [2.24, 2.45) is 0 Å². The maximum Gasteiger partial charge on any atom is 0.407 e. The summed E-state index contributed by atoms with van der Waals surface area (Å²) in [5.74, 6) is 0. The highest BCUT2D eigenvalue weighted by molar-refractivity contribution is 14.1. The number of hydrogen-bond donors (Lipinski definition) is 2. The molecule has 1 fully saturated rings. The summed E-state index contributed by atoms with van der Waals surface area (Å²) in [4.78, 5) is 12.0. The second kappa shape index (κ2) is 7.12. The van der Waals surface area contributed by atoms with Crippen molar-refractivity contribution in [3.63, 3.8) is 0 Å². The Balaban J connectivity index is 1.85. The van der Waals surface area contributed by atoms with E-state index in [1.807, 2.05) is 22.6 Å². The van der Waals surface area contributed by atoms with Crippen molar-refractivity contribution >= 4 is 45.3 Å². The number of fused-ring (bicyclic) bond motifs is 1. The molecule has 3 rings (SSSR count). The van der Waals surface area contributed by atoms with E-state index in [-0.39, 0.29) is 19.5 Å². The molecule has 1 aromatic heterocycles. The number of halogens is 5. The van der Waals surface area contributed by atoms with Crippen LogP contribution in [0.3, 0.4) is 0 Å². The molecule has 2 heterocycles. The third kappa shape index (κ3) is 3.99. The molecule has 2 aromatic rings. The fraction of sp³-hybridized carbons (Fsp3) is 0.438. The second-order valence-corrected chi connectivity index (χ2v) is 7.30. The van der Waals surface area contributed by atoms with Gasteiger partial charge in [0.05, 0.1) is 21.8 Å². The lowest BCUT2D eigenvalue weighted by Gasteiger charge is -2.34. The molecule has 1 aliphatic rings. The van der Waals surface area contributed by atoms with Crippen molar-refractivity contribution in [2.75, 3.05) is 18.4 Å². The monoisotopic (exact) mass is 485 g/mol. The summed E-state index contributed by atoms with van der Waals surface area (Å²) in [6, 6.07) is 5.93. The van der Waals surface area contributed by atoms with Gasteiger partial charge in [-0.15, -0.1) is 0 Å². The minimum absolute atomic E-state index is 0.204. The number of amides is 1. The van der Waals surface area contributed by atoms with Crippen LogP contribution < -0.4 is 5.32 Å². The Labute approximate surface area is 160 Å². The van der Waals surface area contributed by atoms with Crippen molar-refractivity contribution in [3.8, 4) is 0 Å². The van der Waals surface area contributed by atoms with Gasteiger partial charge in [-0.3, -0.25) is 0 Å². The van der Waals surface area contributed by atoms with Crippen LogP contribution in [0.25, 0.3) is 10.9 Å². The first-order valence-electron chi connectivity index (χ1n) is 7.88. The molecular weight excluding hydrogens is 469 g/mol. The topological polar surface area (TPSA) is 57.5 Å². The van der Waals surface area contributed by atoms with Crippen LogP contribution in [0.5, 0.6) is 0 Å². The number of aromatic nitrogens is 1. The fourth-order valence-corrected chi connectivity index (χ4v) is 3.90. The number of hydrogen-bond acceptors (Lipinski definition) is 2. The zero-order valence-corrected chi connectivity index (χ0v) is 15.6. The van der Waals surface area contributed by atoms with Crippen LogP contribution in [0.15, 0.2) is 24.3 Å². The first kappa shape index (κ1) is 19.1. The van der Waals surface area contributed by atoms with Crippen molar-refractivity contribution in [2.45, 2.75) is 31.4 Å². The standard InChI is InChI=1S/C16H16F4IN3O2/c17-10-7-23(15(25)26)5-4-12(10)22-11-2-1-3-13-9(11)6-14(21)24(13)8-16(18,19)20/h1-3,6,10,12,22H,4-5,7-8H2,(H,25,26)/t10-,12+/m1/s1. The van der Waals surface area contributed by atoms with E-state index in [4.69, 9.17) is 5.11 Å². The van der Waals surface area contributed by atoms with Crippen molar-refractivity contribution in [1.29, 1.82) is 0 Å². The Bertz CT molecular complexity index is 824. The van der Waals surface area contributed by atoms with Gasteiger partial charge < -0.3 is 19.9 Å². The van der Waals surface area contributed by atoms with Gasteiger partial charge in [-0.1, -0.05) is 6.07 Å². The lowest BCUT2D eigenvalue weighted by atomic mass is 10.0. The van der Waals surface area contributed by atoms with Crippen molar-refractivity contribution in [3.05, 3.63) is 28.0 Å². The number of carboxylic acid groups (broad SMARTS) is 1. The molecule has 1 saturated heterocycles. The van der Waals surface area contributed by atoms with E-state index < -0.39 is 31.0 Å². The second-order valence-electron chi connectivity index (χ2n) is 6.19. The van der Waals surface area contributed by atoms with E-state index in [9.17, 15) is 22.4 Å². The molecule has 0 aliphatic carbocycles. The molecule has 0 unspecified atom stereocenters. The molecule has 1 aliphatic heterocycles. The largest absolute Gasteiger partial charge is 0.465 e. The van der Waals surface area contributed by atoms with Gasteiger partial charge in [-0.25, -0.2) is 9.18 Å². The predicted molar refractivity (Wildman–Crippen MR) is 97.2 cm³/mol. The smallest absolute Gasteiger partial charge is 0.407 e. The molecule has 1 amide bonds. The molecule has 1 aromatic carbocycles. The zero-order chi connectivity index (χ0) is 19.1. The summed E-state index contributed by atoms with van der Waals surface area (Å²) < 4.78 is 54.4. The number of benzene rings is 1. The van der Waals surface area contributed by atoms with E-state index in [0.29, 0.717) is 20.3 Å². The average Bonchev–Trinajstić information content (AvgIpc) is 2.85. The molecule has 0 radical (unpaired) electrons. The van der Waals surface area contributed by atoms with E-state index in [1.165, 1.54) is 4.57 Å². The van der Waals surface area contributed by atoms with Gasteiger partial charge in [0, 0.05) is 17.6 Å². The van der Waals surface area contributed by atoms with E-state index in [1.54, 1.807) is 24.3 Å². The Hall–Kier alpha value is -1.72. The minimum Gasteiger partial charge on any atom is -0.465 e. The highest BCUT2D eigenvalue weighted by atomic mass is 127. The number of nitrogens with one attached hydrogen (secondary N) is 1. The van der Waals surface area contributed by atoms with Gasteiger partial charge in [0.15, 0.2) is 0 Å². The molecule has 26 heavy (non-hydrogen) atoms. The van der Waals surface area contributed by atoms with Gasteiger partial charge in [0.2, 0.25) is 0 Å². The number of carbonyl (C=O) groups is 1. The van der Waals surface area contributed by atoms with Gasteiger partial charge in [0.25, 0.3) is 0 Å².